The lowest BCUT2D eigenvalue weighted by Gasteiger charge is -2.48. The molecule has 2 amide bonds. The summed E-state index contributed by atoms with van der Waals surface area (Å²) in [6.45, 7) is 4.36. The fourth-order valence-electron chi connectivity index (χ4n) is 5.56. The van der Waals surface area contributed by atoms with Gasteiger partial charge < -0.3 is 15.3 Å². The van der Waals surface area contributed by atoms with Gasteiger partial charge in [-0.3, -0.25) is 24.0 Å². The van der Waals surface area contributed by atoms with E-state index in [1.165, 1.54) is 17.4 Å². The molecule has 0 aliphatic carbocycles. The molecule has 3 N–H and O–H groups in total. The zero-order valence-electron chi connectivity index (χ0n) is 22.2. The van der Waals surface area contributed by atoms with Crippen LogP contribution >= 0.6 is 0 Å². The lowest BCUT2D eigenvalue weighted by molar-refractivity contribution is -0.192. The Labute approximate surface area is 231 Å². The van der Waals surface area contributed by atoms with E-state index in [1.807, 2.05) is 24.4 Å². The molecule has 0 bridgehead atoms. The molecule has 1 aromatic carbocycles. The van der Waals surface area contributed by atoms with Crippen molar-refractivity contribution in [2.75, 3.05) is 31.1 Å². The summed E-state index contributed by atoms with van der Waals surface area (Å²) >= 11 is 0. The van der Waals surface area contributed by atoms with Crippen LogP contribution in [0.2, 0.25) is 0 Å². The van der Waals surface area contributed by atoms with Gasteiger partial charge in [0, 0.05) is 51.4 Å². The van der Waals surface area contributed by atoms with Gasteiger partial charge in [0.1, 0.15) is 11.9 Å². The lowest BCUT2D eigenvalue weighted by Crippen LogP contribution is -2.58. The second-order valence-corrected chi connectivity index (χ2v) is 10.7. The maximum atomic E-state index is 13.0. The van der Waals surface area contributed by atoms with Gasteiger partial charge in [-0.05, 0) is 54.5 Å². The van der Waals surface area contributed by atoms with Crippen LogP contribution in [0.5, 0.6) is 0 Å². The lowest BCUT2D eigenvalue weighted by atomic mass is 9.73. The largest absolute Gasteiger partial charge is 0.490 e. The quantitative estimate of drug-likeness (QED) is 0.405. The number of aryl methyl sites for hydroxylation is 1. The van der Waals surface area contributed by atoms with Gasteiger partial charge in [-0.25, -0.2) is 14.6 Å². The molecule has 3 aliphatic rings. The maximum absolute atomic E-state index is 13.0. The minimum Gasteiger partial charge on any atom is -0.475 e. The first-order valence-corrected chi connectivity index (χ1v) is 13.2. The first kappa shape index (κ1) is 28.3. The van der Waals surface area contributed by atoms with Gasteiger partial charge in [-0.1, -0.05) is 6.07 Å². The number of carboxylic acid groups (broad SMARTS) is 1. The normalized spacial score (nSPS) is 20.3. The van der Waals surface area contributed by atoms with E-state index in [0.29, 0.717) is 17.4 Å². The highest BCUT2D eigenvalue weighted by atomic mass is 19.4. The van der Waals surface area contributed by atoms with E-state index in [-0.39, 0.29) is 18.0 Å². The number of imidazole rings is 1. The Morgan fingerprint density at radius 3 is 2.24 bits per heavy atom. The minimum absolute atomic E-state index is 0.226. The Kier molecular flexibility index (Phi) is 7.36. The van der Waals surface area contributed by atoms with Crippen LogP contribution in [0.1, 0.15) is 31.7 Å². The first-order chi connectivity index (χ1) is 19.4. The molecule has 3 fully saturated rings. The van der Waals surface area contributed by atoms with Crippen LogP contribution in [0.25, 0.3) is 22.2 Å². The number of alkyl halides is 3. The summed E-state index contributed by atoms with van der Waals surface area (Å²) in [6, 6.07) is 9.26. The molecular formula is C27H29F3N6O5. The van der Waals surface area contributed by atoms with Crippen molar-refractivity contribution < 1.29 is 32.7 Å². The third-order valence-electron chi connectivity index (χ3n) is 8.08. The number of imide groups is 1. The number of benzene rings is 1. The molecule has 11 nitrogen and oxygen atoms in total. The summed E-state index contributed by atoms with van der Waals surface area (Å²) in [5.74, 6) is -2.47. The molecule has 218 valence electrons. The predicted octanol–water partition coefficient (Wildman–Crippen LogP) is 2.20. The number of hydrogen-bond donors (Lipinski definition) is 3. The fraction of sp³-hybridized carbons (Fsp3) is 0.444. The van der Waals surface area contributed by atoms with E-state index >= 15 is 0 Å². The van der Waals surface area contributed by atoms with Gasteiger partial charge >= 0.3 is 17.8 Å². The van der Waals surface area contributed by atoms with Crippen LogP contribution in [0.4, 0.5) is 19.0 Å². The summed E-state index contributed by atoms with van der Waals surface area (Å²) in [7, 11) is 1.71. The zero-order valence-corrected chi connectivity index (χ0v) is 22.2. The van der Waals surface area contributed by atoms with E-state index in [9.17, 15) is 27.6 Å². The molecular weight excluding hydrogens is 545 g/mol. The Hall–Kier alpha value is -4.20. The average molecular weight is 575 g/mol. The Bertz CT molecular complexity index is 1550. The SMILES string of the molecule is Cn1c(=O)n(C2CCC(=O)NC2=O)c2ccc(-c3ccc(N4CCC5(CC4)CNC5)nc3)cc21.O=C(O)C(F)(F)F. The molecule has 14 heteroatoms. The fourth-order valence-corrected chi connectivity index (χ4v) is 5.56. The molecule has 6 rings (SSSR count). The van der Waals surface area contributed by atoms with Crippen molar-refractivity contribution >= 4 is 34.6 Å². The van der Waals surface area contributed by atoms with Gasteiger partial charge in [0.15, 0.2) is 0 Å². The van der Waals surface area contributed by atoms with Gasteiger partial charge in [0.25, 0.3) is 0 Å². The molecule has 3 aromatic rings. The number of nitrogens with zero attached hydrogens (tertiary/aromatic N) is 4. The maximum Gasteiger partial charge on any atom is 0.490 e. The topological polar surface area (TPSA) is 139 Å². The monoisotopic (exact) mass is 574 g/mol. The number of piperidine rings is 2. The van der Waals surface area contributed by atoms with Crippen molar-refractivity contribution in [2.24, 2.45) is 12.5 Å². The highest BCUT2D eigenvalue weighted by Gasteiger charge is 2.40. The number of aliphatic carboxylic acids is 1. The van der Waals surface area contributed by atoms with Crippen molar-refractivity contribution in [1.82, 2.24) is 24.8 Å². The average Bonchev–Trinajstić information content (AvgIpc) is 3.17. The molecule has 3 aliphatic heterocycles. The molecule has 41 heavy (non-hydrogen) atoms. The number of amides is 2. The van der Waals surface area contributed by atoms with Gasteiger partial charge in [0.05, 0.1) is 11.0 Å². The minimum atomic E-state index is -5.08. The summed E-state index contributed by atoms with van der Waals surface area (Å²) in [5, 5.41) is 12.9. The molecule has 1 unspecified atom stereocenters. The van der Waals surface area contributed by atoms with E-state index in [2.05, 4.69) is 27.7 Å². The van der Waals surface area contributed by atoms with Crippen molar-refractivity contribution in [1.29, 1.82) is 0 Å². The number of carbonyl (C=O) groups excluding carboxylic acids is 2. The number of hydrogen-bond acceptors (Lipinski definition) is 7. The number of nitrogens with one attached hydrogen (secondary N) is 2. The van der Waals surface area contributed by atoms with Crippen LogP contribution < -0.4 is 21.2 Å². The van der Waals surface area contributed by atoms with Crippen molar-refractivity contribution in [3.63, 3.8) is 0 Å². The van der Waals surface area contributed by atoms with Crippen molar-refractivity contribution in [3.05, 3.63) is 47.0 Å². The predicted molar refractivity (Wildman–Crippen MR) is 142 cm³/mol. The standard InChI is InChI=1S/C25H28N6O3.C2HF3O2/c1-29-20-12-16(2-4-18(20)31(24(29)34)19-5-7-22(32)28-23(19)33)17-3-6-21(27-13-17)30-10-8-25(9-11-30)14-26-15-25;3-2(4,5)1(6)7/h2-4,6,12-13,19,26H,5,7-11,14-15H2,1H3,(H,28,32,33);(H,6,7). The zero-order chi connectivity index (χ0) is 29.5. The van der Waals surface area contributed by atoms with Crippen LogP contribution in [-0.2, 0) is 21.4 Å². The molecule has 3 saturated heterocycles. The third-order valence-corrected chi connectivity index (χ3v) is 8.08. The summed E-state index contributed by atoms with van der Waals surface area (Å²) in [5.41, 5.74) is 3.60. The van der Waals surface area contributed by atoms with E-state index < -0.39 is 24.1 Å². The Morgan fingerprint density at radius 2 is 1.71 bits per heavy atom. The number of carboxylic acids is 1. The first-order valence-electron chi connectivity index (χ1n) is 13.2. The van der Waals surface area contributed by atoms with Gasteiger partial charge in [0.2, 0.25) is 11.8 Å². The highest BCUT2D eigenvalue weighted by Crippen LogP contribution is 2.36. The van der Waals surface area contributed by atoms with Crippen LogP contribution in [0.3, 0.4) is 0 Å². The van der Waals surface area contributed by atoms with Crippen molar-refractivity contribution in [2.45, 2.75) is 37.9 Å². The summed E-state index contributed by atoms with van der Waals surface area (Å²) in [4.78, 5) is 52.9. The second kappa shape index (κ2) is 10.7. The highest BCUT2D eigenvalue weighted by molar-refractivity contribution is 6.00. The smallest absolute Gasteiger partial charge is 0.475 e. The number of anilines is 1. The van der Waals surface area contributed by atoms with Crippen LogP contribution in [-0.4, -0.2) is 69.4 Å². The second-order valence-electron chi connectivity index (χ2n) is 10.7. The molecule has 1 spiro atoms. The molecule has 2 aromatic heterocycles. The molecule has 0 radical (unpaired) electrons. The van der Waals surface area contributed by atoms with E-state index in [1.54, 1.807) is 11.6 Å². The van der Waals surface area contributed by atoms with Crippen LogP contribution in [0, 0.1) is 5.41 Å². The van der Waals surface area contributed by atoms with Crippen LogP contribution in [0.15, 0.2) is 41.3 Å². The molecule has 5 heterocycles. The molecule has 0 saturated carbocycles. The summed E-state index contributed by atoms with van der Waals surface area (Å²) in [6.07, 6.45) is -0.229. The molecule has 1 atom stereocenters. The van der Waals surface area contributed by atoms with E-state index in [4.69, 9.17) is 14.9 Å². The Balaban J connectivity index is 0.000000431. The number of halogens is 3. The van der Waals surface area contributed by atoms with Crippen molar-refractivity contribution in [3.8, 4) is 11.1 Å². The summed E-state index contributed by atoms with van der Waals surface area (Å²) < 4.78 is 34.8. The number of carbonyl (C=O) groups is 3. The van der Waals surface area contributed by atoms with E-state index in [0.717, 1.165) is 48.6 Å². The van der Waals surface area contributed by atoms with Gasteiger partial charge in [-0.15, -0.1) is 0 Å². The third kappa shape index (κ3) is 5.56. The number of pyridine rings is 1. The van der Waals surface area contributed by atoms with Gasteiger partial charge in [-0.2, -0.15) is 13.2 Å². The number of aromatic nitrogens is 3. The number of fused-ring (bicyclic) bond motifs is 1. The number of rotatable bonds is 3. The Morgan fingerprint density at radius 1 is 1.05 bits per heavy atom.